The predicted molar refractivity (Wildman–Crippen MR) is 73.4 cm³/mol. The monoisotopic (exact) mass is 256 g/mol. The molecule has 98 valence electrons. The molecule has 1 aliphatic carbocycles. The number of hydrogen-bond acceptors (Lipinski definition) is 3. The molecule has 2 atom stereocenters. The van der Waals surface area contributed by atoms with Crippen LogP contribution in [-0.4, -0.2) is 47.5 Å². The molecule has 1 heterocycles. The van der Waals surface area contributed by atoms with Gasteiger partial charge in [0.1, 0.15) is 0 Å². The summed E-state index contributed by atoms with van der Waals surface area (Å²) < 4.78 is 0. The smallest absolute Gasteiger partial charge is 0.239 e. The van der Waals surface area contributed by atoms with Crippen molar-refractivity contribution in [3.8, 4) is 0 Å². The predicted octanol–water partition coefficient (Wildman–Crippen LogP) is 1.87. The van der Waals surface area contributed by atoms with E-state index in [4.69, 9.17) is 0 Å². The van der Waals surface area contributed by atoms with Gasteiger partial charge in [0.05, 0.1) is 6.04 Å². The molecule has 0 aromatic carbocycles. The molecule has 1 amide bonds. The summed E-state index contributed by atoms with van der Waals surface area (Å²) >= 11 is 1.86. The Balaban J connectivity index is 1.85. The van der Waals surface area contributed by atoms with E-state index in [0.29, 0.717) is 18.0 Å². The van der Waals surface area contributed by atoms with E-state index in [2.05, 4.69) is 23.4 Å². The first-order chi connectivity index (χ1) is 8.22. The van der Waals surface area contributed by atoms with Gasteiger partial charge in [0.25, 0.3) is 0 Å². The highest BCUT2D eigenvalue weighted by Gasteiger charge is 2.34. The number of rotatable bonds is 6. The summed E-state index contributed by atoms with van der Waals surface area (Å²) in [5.74, 6) is 1.49. The zero-order valence-electron chi connectivity index (χ0n) is 10.9. The van der Waals surface area contributed by atoms with Crippen LogP contribution in [0.4, 0.5) is 0 Å². The Morgan fingerprint density at radius 2 is 2.24 bits per heavy atom. The lowest BCUT2D eigenvalue weighted by Crippen LogP contribution is -2.54. The van der Waals surface area contributed by atoms with E-state index in [0.717, 1.165) is 31.6 Å². The van der Waals surface area contributed by atoms with Crippen molar-refractivity contribution in [2.75, 3.05) is 18.6 Å². The van der Waals surface area contributed by atoms with Crippen molar-refractivity contribution in [1.82, 2.24) is 10.2 Å². The number of likely N-dealkylation sites (tertiary alicyclic amines) is 1. The van der Waals surface area contributed by atoms with Gasteiger partial charge in [-0.1, -0.05) is 0 Å². The Labute approximate surface area is 109 Å². The lowest BCUT2D eigenvalue weighted by molar-refractivity contribution is -0.138. The third kappa shape index (κ3) is 3.62. The fourth-order valence-electron chi connectivity index (χ4n) is 2.47. The summed E-state index contributed by atoms with van der Waals surface area (Å²) in [6, 6.07) is 1.14. The van der Waals surface area contributed by atoms with Gasteiger partial charge in [-0.15, -0.1) is 0 Å². The second-order valence-corrected chi connectivity index (χ2v) is 6.28. The van der Waals surface area contributed by atoms with Crippen LogP contribution in [0.5, 0.6) is 0 Å². The van der Waals surface area contributed by atoms with Crippen molar-refractivity contribution in [2.45, 2.75) is 57.2 Å². The molecule has 0 aromatic heterocycles. The first kappa shape index (κ1) is 13.2. The minimum atomic E-state index is 0.105. The minimum Gasteiger partial charge on any atom is -0.339 e. The van der Waals surface area contributed by atoms with Gasteiger partial charge in [-0.3, -0.25) is 4.79 Å². The number of carbonyl (C=O) groups excluding carboxylic acids is 1. The third-order valence-corrected chi connectivity index (χ3v) is 4.40. The van der Waals surface area contributed by atoms with E-state index in [1.54, 1.807) is 0 Å². The van der Waals surface area contributed by atoms with Crippen molar-refractivity contribution in [3.63, 3.8) is 0 Å². The van der Waals surface area contributed by atoms with Crippen molar-refractivity contribution in [1.29, 1.82) is 0 Å². The van der Waals surface area contributed by atoms with Crippen molar-refractivity contribution >= 4 is 17.7 Å². The molecule has 3 nitrogen and oxygen atoms in total. The van der Waals surface area contributed by atoms with Crippen LogP contribution in [0.1, 0.15) is 39.0 Å². The molecule has 2 unspecified atom stereocenters. The molecule has 0 spiro atoms. The van der Waals surface area contributed by atoms with Gasteiger partial charge in [0, 0.05) is 18.6 Å². The van der Waals surface area contributed by atoms with Crippen LogP contribution in [-0.2, 0) is 4.79 Å². The molecular weight excluding hydrogens is 232 g/mol. The van der Waals surface area contributed by atoms with Gasteiger partial charge in [0.2, 0.25) is 5.91 Å². The van der Waals surface area contributed by atoms with Crippen LogP contribution in [0.25, 0.3) is 0 Å². The summed E-state index contributed by atoms with van der Waals surface area (Å²) in [6.45, 7) is 3.14. The number of hydrogen-bond donors (Lipinski definition) is 1. The lowest BCUT2D eigenvalue weighted by Gasteiger charge is -2.37. The normalized spacial score (nSPS) is 27.3. The Hall–Kier alpha value is -0.220. The third-order valence-electron chi connectivity index (χ3n) is 3.76. The number of nitrogens with zero attached hydrogens (tertiary/aromatic N) is 1. The van der Waals surface area contributed by atoms with E-state index < -0.39 is 0 Å². The SMILES string of the molecule is CSCCC(C)N1CCCC(NC2CC2)C1=O. The Morgan fingerprint density at radius 3 is 2.88 bits per heavy atom. The van der Waals surface area contributed by atoms with E-state index in [9.17, 15) is 4.79 Å². The zero-order chi connectivity index (χ0) is 12.3. The van der Waals surface area contributed by atoms with Crippen LogP contribution < -0.4 is 5.32 Å². The first-order valence-corrected chi connectivity index (χ1v) is 8.17. The maximum Gasteiger partial charge on any atom is 0.239 e. The summed E-state index contributed by atoms with van der Waals surface area (Å²) in [7, 11) is 0. The highest BCUT2D eigenvalue weighted by molar-refractivity contribution is 7.98. The second kappa shape index (κ2) is 6.10. The number of amides is 1. The minimum absolute atomic E-state index is 0.105. The van der Waals surface area contributed by atoms with Crippen LogP contribution >= 0.6 is 11.8 Å². The summed E-state index contributed by atoms with van der Waals surface area (Å²) in [4.78, 5) is 14.4. The fourth-order valence-corrected chi connectivity index (χ4v) is 3.05. The zero-order valence-corrected chi connectivity index (χ0v) is 11.8. The van der Waals surface area contributed by atoms with Crippen LogP contribution in [0.15, 0.2) is 0 Å². The molecule has 2 fully saturated rings. The number of thioether (sulfide) groups is 1. The summed E-state index contributed by atoms with van der Waals surface area (Å²) in [5.41, 5.74) is 0. The molecule has 2 aliphatic rings. The van der Waals surface area contributed by atoms with E-state index in [-0.39, 0.29) is 6.04 Å². The maximum atomic E-state index is 12.4. The molecule has 1 N–H and O–H groups in total. The van der Waals surface area contributed by atoms with Gasteiger partial charge in [-0.05, 0) is 51.0 Å². The standard InChI is InChI=1S/C13H24N2OS/c1-10(7-9-17-2)15-8-3-4-12(13(15)16)14-11-5-6-11/h10-12,14H,3-9H2,1-2H3. The Morgan fingerprint density at radius 1 is 1.47 bits per heavy atom. The average Bonchev–Trinajstić information content (AvgIpc) is 3.13. The van der Waals surface area contributed by atoms with E-state index >= 15 is 0 Å². The molecule has 4 heteroatoms. The number of nitrogens with one attached hydrogen (secondary N) is 1. The quantitative estimate of drug-likeness (QED) is 0.787. The van der Waals surface area contributed by atoms with Gasteiger partial charge in [-0.2, -0.15) is 11.8 Å². The number of carbonyl (C=O) groups is 1. The van der Waals surface area contributed by atoms with Crippen LogP contribution in [0.2, 0.25) is 0 Å². The summed E-state index contributed by atoms with van der Waals surface area (Å²) in [6.07, 6.45) is 7.93. The largest absolute Gasteiger partial charge is 0.339 e. The Kier molecular flexibility index (Phi) is 4.74. The molecule has 1 saturated heterocycles. The van der Waals surface area contributed by atoms with Gasteiger partial charge < -0.3 is 10.2 Å². The van der Waals surface area contributed by atoms with Gasteiger partial charge in [0.15, 0.2) is 0 Å². The molecule has 0 bridgehead atoms. The van der Waals surface area contributed by atoms with Crippen molar-refractivity contribution in [3.05, 3.63) is 0 Å². The van der Waals surface area contributed by atoms with Gasteiger partial charge in [-0.25, -0.2) is 0 Å². The molecule has 1 saturated carbocycles. The number of piperidine rings is 1. The molecule has 2 rings (SSSR count). The summed E-state index contributed by atoms with van der Waals surface area (Å²) in [5, 5.41) is 3.49. The molecule has 0 radical (unpaired) electrons. The fraction of sp³-hybridized carbons (Fsp3) is 0.923. The van der Waals surface area contributed by atoms with Gasteiger partial charge >= 0.3 is 0 Å². The molecule has 0 aromatic rings. The molecular formula is C13H24N2OS. The van der Waals surface area contributed by atoms with E-state index in [1.807, 2.05) is 11.8 Å². The van der Waals surface area contributed by atoms with E-state index in [1.165, 1.54) is 12.8 Å². The van der Waals surface area contributed by atoms with Crippen LogP contribution in [0, 0.1) is 0 Å². The van der Waals surface area contributed by atoms with Crippen molar-refractivity contribution < 1.29 is 4.79 Å². The molecule has 1 aliphatic heterocycles. The Bertz CT molecular complexity index is 268. The lowest BCUT2D eigenvalue weighted by atomic mass is 10.0. The topological polar surface area (TPSA) is 32.3 Å². The van der Waals surface area contributed by atoms with Crippen molar-refractivity contribution in [2.24, 2.45) is 0 Å². The van der Waals surface area contributed by atoms with Crippen LogP contribution in [0.3, 0.4) is 0 Å². The highest BCUT2D eigenvalue weighted by Crippen LogP contribution is 2.23. The second-order valence-electron chi connectivity index (χ2n) is 5.30. The maximum absolute atomic E-state index is 12.4. The average molecular weight is 256 g/mol. The first-order valence-electron chi connectivity index (χ1n) is 6.78. The molecule has 17 heavy (non-hydrogen) atoms. The highest BCUT2D eigenvalue weighted by atomic mass is 32.2.